The quantitative estimate of drug-likeness (QED) is 0.774. The van der Waals surface area contributed by atoms with Gasteiger partial charge in [0.15, 0.2) is 0 Å². The largest absolute Gasteiger partial charge is 0.481 e. The van der Waals surface area contributed by atoms with E-state index in [9.17, 15) is 9.59 Å². The Kier molecular flexibility index (Phi) is 5.45. The molecule has 2 atom stereocenters. The Morgan fingerprint density at radius 2 is 1.94 bits per heavy atom. The van der Waals surface area contributed by atoms with Crippen molar-refractivity contribution in [1.82, 2.24) is 5.32 Å². The highest BCUT2D eigenvalue weighted by Crippen LogP contribution is 2.29. The molecule has 0 aromatic carbocycles. The van der Waals surface area contributed by atoms with E-state index < -0.39 is 5.97 Å². The predicted molar refractivity (Wildman–Crippen MR) is 65.5 cm³/mol. The number of carbonyl (C=O) groups excluding carboxylic acids is 1. The number of carboxylic acid groups (broad SMARTS) is 1. The highest BCUT2D eigenvalue weighted by atomic mass is 16.4. The summed E-state index contributed by atoms with van der Waals surface area (Å²) < 4.78 is 0. The first-order chi connectivity index (χ1) is 8.00. The minimum absolute atomic E-state index is 0.0368. The molecule has 4 nitrogen and oxygen atoms in total. The summed E-state index contributed by atoms with van der Waals surface area (Å²) in [6, 6.07) is 0. The van der Waals surface area contributed by atoms with Crippen LogP contribution in [0.25, 0.3) is 0 Å². The third-order valence-corrected chi connectivity index (χ3v) is 3.38. The van der Waals surface area contributed by atoms with Gasteiger partial charge >= 0.3 is 5.97 Å². The van der Waals surface area contributed by atoms with E-state index in [4.69, 9.17) is 5.11 Å². The number of rotatable bonds is 5. The van der Waals surface area contributed by atoms with Crippen LogP contribution in [-0.4, -0.2) is 23.5 Å². The maximum absolute atomic E-state index is 11.5. The van der Waals surface area contributed by atoms with Crippen LogP contribution in [-0.2, 0) is 9.59 Å². The van der Waals surface area contributed by atoms with E-state index in [-0.39, 0.29) is 17.7 Å². The Morgan fingerprint density at radius 1 is 1.29 bits per heavy atom. The fraction of sp³-hybridized carbons (Fsp3) is 0.846. The van der Waals surface area contributed by atoms with Crippen molar-refractivity contribution in [2.24, 2.45) is 17.8 Å². The van der Waals surface area contributed by atoms with Gasteiger partial charge in [-0.1, -0.05) is 26.7 Å². The van der Waals surface area contributed by atoms with Crippen molar-refractivity contribution in [3.63, 3.8) is 0 Å². The fourth-order valence-corrected chi connectivity index (χ4v) is 2.46. The predicted octanol–water partition coefficient (Wildman–Crippen LogP) is 2.04. The summed E-state index contributed by atoms with van der Waals surface area (Å²) in [5.74, 6) is -0.500. The minimum Gasteiger partial charge on any atom is -0.481 e. The standard InChI is InChI=1S/C13H23NO3/c1-9(2)7-12(15)14-8-10-5-3-4-6-11(10)13(16)17/h9-11H,3-8H2,1-2H3,(H,14,15)(H,16,17)/t10?,11-/m0/s1. The molecule has 0 radical (unpaired) electrons. The second-order valence-electron chi connectivity index (χ2n) is 5.39. The molecule has 1 unspecified atom stereocenters. The number of carboxylic acids is 1. The lowest BCUT2D eigenvalue weighted by Gasteiger charge is -2.28. The molecule has 0 aromatic heterocycles. The summed E-state index contributed by atoms with van der Waals surface area (Å²) in [4.78, 5) is 22.6. The van der Waals surface area contributed by atoms with Crippen LogP contribution in [0.15, 0.2) is 0 Å². The van der Waals surface area contributed by atoms with Gasteiger partial charge < -0.3 is 10.4 Å². The smallest absolute Gasteiger partial charge is 0.306 e. The Balaban J connectivity index is 2.38. The lowest BCUT2D eigenvalue weighted by molar-refractivity contribution is -0.145. The summed E-state index contributed by atoms with van der Waals surface area (Å²) in [7, 11) is 0. The van der Waals surface area contributed by atoms with Gasteiger partial charge in [-0.15, -0.1) is 0 Å². The highest BCUT2D eigenvalue weighted by molar-refractivity contribution is 5.76. The Morgan fingerprint density at radius 3 is 2.53 bits per heavy atom. The van der Waals surface area contributed by atoms with Crippen LogP contribution in [0.3, 0.4) is 0 Å². The molecule has 1 saturated carbocycles. The first-order valence-corrected chi connectivity index (χ1v) is 6.50. The van der Waals surface area contributed by atoms with Crippen LogP contribution in [0.4, 0.5) is 0 Å². The average molecular weight is 241 g/mol. The maximum atomic E-state index is 11.5. The molecule has 2 N–H and O–H groups in total. The van der Waals surface area contributed by atoms with Gasteiger partial charge in [-0.3, -0.25) is 9.59 Å². The molecule has 1 aliphatic rings. The van der Waals surface area contributed by atoms with Crippen molar-refractivity contribution in [2.45, 2.75) is 46.0 Å². The lowest BCUT2D eigenvalue weighted by atomic mass is 9.79. The second-order valence-corrected chi connectivity index (χ2v) is 5.39. The summed E-state index contributed by atoms with van der Waals surface area (Å²) in [6.45, 7) is 4.52. The van der Waals surface area contributed by atoms with Gasteiger partial charge in [0.25, 0.3) is 0 Å². The zero-order valence-corrected chi connectivity index (χ0v) is 10.7. The fourth-order valence-electron chi connectivity index (χ4n) is 2.46. The molecule has 98 valence electrons. The molecule has 0 aliphatic heterocycles. The number of carbonyl (C=O) groups is 2. The minimum atomic E-state index is -0.715. The third-order valence-electron chi connectivity index (χ3n) is 3.38. The molecule has 1 amide bonds. The number of hydrogen-bond acceptors (Lipinski definition) is 2. The monoisotopic (exact) mass is 241 g/mol. The summed E-state index contributed by atoms with van der Waals surface area (Å²) in [5, 5.41) is 12.0. The molecule has 1 fully saturated rings. The topological polar surface area (TPSA) is 66.4 Å². The molecule has 0 heterocycles. The summed E-state index contributed by atoms with van der Waals surface area (Å²) in [5.41, 5.74) is 0. The second kappa shape index (κ2) is 6.62. The van der Waals surface area contributed by atoms with Gasteiger partial charge in [0.2, 0.25) is 5.91 Å². The van der Waals surface area contributed by atoms with Crippen LogP contribution in [0, 0.1) is 17.8 Å². The Labute approximate surface area is 103 Å². The van der Waals surface area contributed by atoms with Gasteiger partial charge in [-0.05, 0) is 24.7 Å². The first kappa shape index (κ1) is 14.0. The van der Waals surface area contributed by atoms with Crippen molar-refractivity contribution >= 4 is 11.9 Å². The third kappa shape index (κ3) is 4.75. The van der Waals surface area contributed by atoms with Crippen LogP contribution >= 0.6 is 0 Å². The maximum Gasteiger partial charge on any atom is 0.306 e. The van der Waals surface area contributed by atoms with Crippen LogP contribution in [0.5, 0.6) is 0 Å². The van der Waals surface area contributed by atoms with Crippen LogP contribution < -0.4 is 5.32 Å². The van der Waals surface area contributed by atoms with Crippen molar-refractivity contribution < 1.29 is 14.7 Å². The molecular weight excluding hydrogens is 218 g/mol. The molecule has 0 aromatic rings. The number of hydrogen-bond donors (Lipinski definition) is 2. The number of nitrogens with one attached hydrogen (secondary N) is 1. The average Bonchev–Trinajstić information content (AvgIpc) is 2.25. The molecule has 4 heteroatoms. The van der Waals surface area contributed by atoms with Crippen LogP contribution in [0.2, 0.25) is 0 Å². The van der Waals surface area contributed by atoms with Gasteiger partial charge in [0.05, 0.1) is 5.92 Å². The SMILES string of the molecule is CC(C)CC(=O)NCC1CCCC[C@@H]1C(=O)O. The first-order valence-electron chi connectivity index (χ1n) is 6.50. The van der Waals surface area contributed by atoms with Gasteiger partial charge in [-0.25, -0.2) is 0 Å². The van der Waals surface area contributed by atoms with Crippen molar-refractivity contribution in [3.05, 3.63) is 0 Å². The highest BCUT2D eigenvalue weighted by Gasteiger charge is 2.30. The van der Waals surface area contributed by atoms with Gasteiger partial charge in [-0.2, -0.15) is 0 Å². The molecule has 0 spiro atoms. The van der Waals surface area contributed by atoms with E-state index in [1.165, 1.54) is 0 Å². The zero-order valence-electron chi connectivity index (χ0n) is 10.7. The number of amides is 1. The van der Waals surface area contributed by atoms with Crippen LogP contribution in [0.1, 0.15) is 46.0 Å². The summed E-state index contributed by atoms with van der Waals surface area (Å²) >= 11 is 0. The van der Waals surface area contributed by atoms with Crippen molar-refractivity contribution in [2.75, 3.05) is 6.54 Å². The molecule has 1 rings (SSSR count). The van der Waals surface area contributed by atoms with E-state index >= 15 is 0 Å². The molecular formula is C13H23NO3. The van der Waals surface area contributed by atoms with Gasteiger partial charge in [0, 0.05) is 13.0 Å². The van der Waals surface area contributed by atoms with E-state index in [2.05, 4.69) is 5.32 Å². The van der Waals surface area contributed by atoms with E-state index in [0.717, 1.165) is 25.7 Å². The Hall–Kier alpha value is -1.06. The lowest BCUT2D eigenvalue weighted by Crippen LogP contribution is -2.37. The zero-order chi connectivity index (χ0) is 12.8. The van der Waals surface area contributed by atoms with Crippen molar-refractivity contribution in [3.8, 4) is 0 Å². The molecule has 1 aliphatic carbocycles. The van der Waals surface area contributed by atoms with Crippen molar-refractivity contribution in [1.29, 1.82) is 0 Å². The van der Waals surface area contributed by atoms with E-state index in [0.29, 0.717) is 18.9 Å². The normalized spacial score (nSPS) is 24.6. The Bertz CT molecular complexity index is 276. The number of aliphatic carboxylic acids is 1. The molecule has 0 saturated heterocycles. The summed E-state index contributed by atoms with van der Waals surface area (Å²) in [6.07, 6.45) is 4.26. The van der Waals surface area contributed by atoms with E-state index in [1.807, 2.05) is 13.8 Å². The van der Waals surface area contributed by atoms with E-state index in [1.54, 1.807) is 0 Å². The molecule has 0 bridgehead atoms. The van der Waals surface area contributed by atoms with Gasteiger partial charge in [0.1, 0.15) is 0 Å². The molecule has 17 heavy (non-hydrogen) atoms.